The molecule has 2 fully saturated rings. The van der Waals surface area contributed by atoms with Crippen LogP contribution in [0.5, 0.6) is 0 Å². The zero-order valence-corrected chi connectivity index (χ0v) is 14.0. The topological polar surface area (TPSA) is 24.5 Å². The Hall–Kier alpha value is -0.120. The molecule has 1 aliphatic carbocycles. The van der Waals surface area contributed by atoms with Gasteiger partial charge in [0.05, 0.1) is 6.61 Å². The van der Waals surface area contributed by atoms with Crippen molar-refractivity contribution in [3.05, 3.63) is 0 Å². The van der Waals surface area contributed by atoms with Gasteiger partial charge in [-0.05, 0) is 53.5 Å². The standard InChI is InChI=1S/C17H34N2O/c1-16(2,3)18-12-17(10-7-11-20-14-17)13-19(4)15-8-5-6-9-15/h15,18H,5-14H2,1-4H3. The molecule has 3 nitrogen and oxygen atoms in total. The summed E-state index contributed by atoms with van der Waals surface area (Å²) >= 11 is 0. The monoisotopic (exact) mass is 282 g/mol. The van der Waals surface area contributed by atoms with E-state index in [1.54, 1.807) is 0 Å². The number of ether oxygens (including phenoxy) is 1. The average Bonchev–Trinajstić information content (AvgIpc) is 2.91. The lowest BCUT2D eigenvalue weighted by molar-refractivity contribution is -0.0305. The van der Waals surface area contributed by atoms with E-state index >= 15 is 0 Å². The fraction of sp³-hybridized carbons (Fsp3) is 1.00. The van der Waals surface area contributed by atoms with E-state index in [4.69, 9.17) is 4.74 Å². The van der Waals surface area contributed by atoms with E-state index in [9.17, 15) is 0 Å². The van der Waals surface area contributed by atoms with Gasteiger partial charge in [0.15, 0.2) is 0 Å². The van der Waals surface area contributed by atoms with Crippen LogP contribution in [-0.2, 0) is 4.74 Å². The van der Waals surface area contributed by atoms with E-state index < -0.39 is 0 Å². The van der Waals surface area contributed by atoms with Gasteiger partial charge in [-0.15, -0.1) is 0 Å². The molecular weight excluding hydrogens is 248 g/mol. The van der Waals surface area contributed by atoms with Gasteiger partial charge in [0.2, 0.25) is 0 Å². The molecule has 3 heteroatoms. The highest BCUT2D eigenvalue weighted by atomic mass is 16.5. The molecule has 0 spiro atoms. The number of nitrogens with one attached hydrogen (secondary N) is 1. The van der Waals surface area contributed by atoms with Crippen LogP contribution in [0.25, 0.3) is 0 Å². The summed E-state index contributed by atoms with van der Waals surface area (Å²) in [6.07, 6.45) is 8.12. The summed E-state index contributed by atoms with van der Waals surface area (Å²) in [5.74, 6) is 0. The van der Waals surface area contributed by atoms with Crippen LogP contribution >= 0.6 is 0 Å². The minimum absolute atomic E-state index is 0.191. The first kappa shape index (κ1) is 16.3. The molecule has 2 aliphatic rings. The maximum Gasteiger partial charge on any atom is 0.0546 e. The summed E-state index contributed by atoms with van der Waals surface area (Å²) in [4.78, 5) is 2.62. The molecule has 1 aliphatic heterocycles. The lowest BCUT2D eigenvalue weighted by Crippen LogP contribution is -2.53. The Morgan fingerprint density at radius 2 is 1.90 bits per heavy atom. The Morgan fingerprint density at radius 3 is 2.45 bits per heavy atom. The Balaban J connectivity index is 1.94. The maximum absolute atomic E-state index is 5.85. The molecule has 0 aromatic carbocycles. The smallest absolute Gasteiger partial charge is 0.0546 e. The second kappa shape index (κ2) is 6.76. The van der Waals surface area contributed by atoms with Crippen LogP contribution in [0.1, 0.15) is 59.3 Å². The van der Waals surface area contributed by atoms with Crippen LogP contribution in [0.4, 0.5) is 0 Å². The van der Waals surface area contributed by atoms with Crippen molar-refractivity contribution in [2.24, 2.45) is 5.41 Å². The predicted octanol–water partition coefficient (Wildman–Crippen LogP) is 3.05. The van der Waals surface area contributed by atoms with Crippen molar-refractivity contribution in [2.75, 3.05) is 33.4 Å². The number of nitrogens with zero attached hydrogens (tertiary/aromatic N) is 1. The van der Waals surface area contributed by atoms with Crippen LogP contribution in [0.15, 0.2) is 0 Å². The number of rotatable bonds is 5. The quantitative estimate of drug-likeness (QED) is 0.839. The summed E-state index contributed by atoms with van der Waals surface area (Å²) < 4.78 is 5.85. The molecule has 0 aromatic rings. The van der Waals surface area contributed by atoms with E-state index in [1.165, 1.54) is 45.1 Å². The van der Waals surface area contributed by atoms with Gasteiger partial charge in [-0.25, -0.2) is 0 Å². The Morgan fingerprint density at radius 1 is 1.20 bits per heavy atom. The summed E-state index contributed by atoms with van der Waals surface area (Å²) in [6.45, 7) is 10.9. The second-order valence-corrected chi connectivity index (χ2v) is 8.11. The third-order valence-electron chi connectivity index (χ3n) is 4.93. The summed E-state index contributed by atoms with van der Waals surface area (Å²) in [7, 11) is 2.32. The minimum atomic E-state index is 0.191. The van der Waals surface area contributed by atoms with Gasteiger partial charge in [0.25, 0.3) is 0 Å². The first-order valence-corrected chi connectivity index (χ1v) is 8.43. The molecule has 1 saturated carbocycles. The molecule has 0 aromatic heterocycles. The first-order valence-electron chi connectivity index (χ1n) is 8.43. The SMILES string of the molecule is CN(CC1(CNC(C)(C)C)CCCOC1)C1CCCC1. The molecule has 20 heavy (non-hydrogen) atoms. The van der Waals surface area contributed by atoms with Crippen LogP contribution < -0.4 is 5.32 Å². The normalized spacial score (nSPS) is 29.2. The lowest BCUT2D eigenvalue weighted by Gasteiger charge is -2.43. The Labute approximate surface area is 125 Å². The highest BCUT2D eigenvalue weighted by molar-refractivity contribution is 4.90. The van der Waals surface area contributed by atoms with E-state index in [2.05, 4.69) is 38.0 Å². The summed E-state index contributed by atoms with van der Waals surface area (Å²) in [6, 6.07) is 0.809. The van der Waals surface area contributed by atoms with Crippen molar-refractivity contribution >= 4 is 0 Å². The molecule has 0 bridgehead atoms. The summed E-state index contributed by atoms with van der Waals surface area (Å²) in [5.41, 5.74) is 0.499. The fourth-order valence-electron chi connectivity index (χ4n) is 3.69. The zero-order chi connectivity index (χ0) is 14.6. The van der Waals surface area contributed by atoms with Gasteiger partial charge in [-0.3, -0.25) is 0 Å². The van der Waals surface area contributed by atoms with Gasteiger partial charge in [-0.1, -0.05) is 12.8 Å². The molecule has 2 rings (SSSR count). The van der Waals surface area contributed by atoms with E-state index in [0.29, 0.717) is 5.41 Å². The zero-order valence-electron chi connectivity index (χ0n) is 14.0. The average molecular weight is 282 g/mol. The van der Waals surface area contributed by atoms with Crippen molar-refractivity contribution in [2.45, 2.75) is 70.9 Å². The van der Waals surface area contributed by atoms with Gasteiger partial charge < -0.3 is 15.0 Å². The van der Waals surface area contributed by atoms with E-state index in [0.717, 1.165) is 25.8 Å². The lowest BCUT2D eigenvalue weighted by atomic mass is 9.81. The Bertz CT molecular complexity index is 286. The molecule has 1 heterocycles. The van der Waals surface area contributed by atoms with E-state index in [1.807, 2.05) is 0 Å². The van der Waals surface area contributed by atoms with Crippen molar-refractivity contribution < 1.29 is 4.74 Å². The molecule has 1 unspecified atom stereocenters. The minimum Gasteiger partial charge on any atom is -0.381 e. The van der Waals surface area contributed by atoms with Gasteiger partial charge in [-0.2, -0.15) is 0 Å². The molecule has 1 saturated heterocycles. The van der Waals surface area contributed by atoms with Gasteiger partial charge in [0, 0.05) is 36.7 Å². The third-order valence-corrected chi connectivity index (χ3v) is 4.93. The van der Waals surface area contributed by atoms with Crippen LogP contribution in [0.3, 0.4) is 0 Å². The molecule has 118 valence electrons. The number of hydrogen-bond acceptors (Lipinski definition) is 3. The van der Waals surface area contributed by atoms with Crippen LogP contribution in [-0.4, -0.2) is 49.8 Å². The third kappa shape index (κ3) is 4.71. The highest BCUT2D eigenvalue weighted by Gasteiger charge is 2.36. The fourth-order valence-corrected chi connectivity index (χ4v) is 3.69. The molecular formula is C17H34N2O. The molecule has 0 amide bonds. The number of hydrogen-bond donors (Lipinski definition) is 1. The van der Waals surface area contributed by atoms with Crippen molar-refractivity contribution in [3.8, 4) is 0 Å². The van der Waals surface area contributed by atoms with Crippen molar-refractivity contribution in [3.63, 3.8) is 0 Å². The largest absolute Gasteiger partial charge is 0.381 e. The highest BCUT2D eigenvalue weighted by Crippen LogP contribution is 2.32. The van der Waals surface area contributed by atoms with Crippen LogP contribution in [0.2, 0.25) is 0 Å². The summed E-state index contributed by atoms with van der Waals surface area (Å²) in [5, 5.41) is 3.72. The Kier molecular flexibility index (Phi) is 5.49. The molecule has 1 atom stereocenters. The van der Waals surface area contributed by atoms with Gasteiger partial charge in [0.1, 0.15) is 0 Å². The molecule has 1 N–H and O–H groups in total. The first-order chi connectivity index (χ1) is 9.40. The van der Waals surface area contributed by atoms with Gasteiger partial charge >= 0.3 is 0 Å². The molecule has 0 radical (unpaired) electrons. The second-order valence-electron chi connectivity index (χ2n) is 8.11. The van der Waals surface area contributed by atoms with Crippen molar-refractivity contribution in [1.29, 1.82) is 0 Å². The maximum atomic E-state index is 5.85. The van der Waals surface area contributed by atoms with Crippen LogP contribution in [0, 0.1) is 5.41 Å². The van der Waals surface area contributed by atoms with E-state index in [-0.39, 0.29) is 5.54 Å². The van der Waals surface area contributed by atoms with Crippen molar-refractivity contribution in [1.82, 2.24) is 10.2 Å². The predicted molar refractivity (Wildman–Crippen MR) is 85.1 cm³/mol.